The summed E-state index contributed by atoms with van der Waals surface area (Å²) in [5.74, 6) is 0.921. The smallest absolute Gasteiger partial charge is 0.258 e. The molecule has 7 nitrogen and oxygen atoms in total. The van der Waals surface area contributed by atoms with Crippen LogP contribution in [0.5, 0.6) is 0 Å². The summed E-state index contributed by atoms with van der Waals surface area (Å²) < 4.78 is 0. The molecule has 7 heteroatoms. The van der Waals surface area contributed by atoms with Crippen LogP contribution in [0.25, 0.3) is 0 Å². The lowest BCUT2D eigenvalue weighted by Crippen LogP contribution is -2.36. The summed E-state index contributed by atoms with van der Waals surface area (Å²) in [4.78, 5) is 40.0. The summed E-state index contributed by atoms with van der Waals surface area (Å²) >= 11 is 0. The largest absolute Gasteiger partial charge is 0.343 e. The zero-order chi connectivity index (χ0) is 19.1. The number of piperidine rings is 1. The number of pyridine rings is 1. The summed E-state index contributed by atoms with van der Waals surface area (Å²) in [7, 11) is 0. The molecular formula is C21H23N5O2. The molecule has 2 aromatic rings. The van der Waals surface area contributed by atoms with Gasteiger partial charge < -0.3 is 10.2 Å². The van der Waals surface area contributed by atoms with Gasteiger partial charge in [0.05, 0.1) is 5.56 Å². The number of nitrogens with zero attached hydrogens (tertiary/aromatic N) is 3. The molecule has 5 rings (SSSR count). The maximum atomic E-state index is 13.2. The molecule has 1 saturated heterocycles. The number of nitrogens with one attached hydrogen (secondary N) is 2. The Morgan fingerprint density at radius 1 is 1.00 bits per heavy atom. The number of anilines is 2. The fourth-order valence-corrected chi connectivity index (χ4v) is 4.59. The van der Waals surface area contributed by atoms with Gasteiger partial charge >= 0.3 is 0 Å². The third kappa shape index (κ3) is 2.82. The molecule has 1 fully saturated rings. The first-order valence-corrected chi connectivity index (χ1v) is 10.0. The van der Waals surface area contributed by atoms with E-state index in [2.05, 4.69) is 20.2 Å². The second-order valence-electron chi connectivity index (χ2n) is 7.71. The summed E-state index contributed by atoms with van der Waals surface area (Å²) in [6.07, 6.45) is 8.99. The van der Waals surface area contributed by atoms with Crippen LogP contribution in [0.15, 0.2) is 40.6 Å². The van der Waals surface area contributed by atoms with Crippen LogP contribution in [0.1, 0.15) is 55.6 Å². The Morgan fingerprint density at radius 3 is 2.57 bits per heavy atom. The highest BCUT2D eigenvalue weighted by Gasteiger charge is 2.38. The maximum absolute atomic E-state index is 13.2. The van der Waals surface area contributed by atoms with E-state index in [1.54, 1.807) is 12.4 Å². The standard InChI is InChI=1S/C21H23N5O2/c27-15-6-4-5-14-17(15)16(13-7-9-22-10-8-13)18-19(23-14)24-21(25-20(18)28)26-11-2-1-3-12-26/h7-10,16H,1-6,11-12H2,(H2,23,24,25,28)/t16-/m1/s1. The van der Waals surface area contributed by atoms with Crippen molar-refractivity contribution < 1.29 is 4.79 Å². The highest BCUT2D eigenvalue weighted by molar-refractivity contribution is 6.00. The van der Waals surface area contributed by atoms with E-state index >= 15 is 0 Å². The highest BCUT2D eigenvalue weighted by Crippen LogP contribution is 2.43. The van der Waals surface area contributed by atoms with Gasteiger partial charge in [0.1, 0.15) is 5.82 Å². The van der Waals surface area contributed by atoms with Crippen molar-refractivity contribution in [3.05, 3.63) is 57.3 Å². The number of carbonyl (C=O) groups is 1. The molecule has 2 aromatic heterocycles. The average Bonchev–Trinajstić information content (AvgIpc) is 2.73. The number of H-pyrrole nitrogens is 1. The molecule has 2 aliphatic heterocycles. The number of hydrogen-bond acceptors (Lipinski definition) is 6. The minimum atomic E-state index is -0.395. The average molecular weight is 377 g/mol. The van der Waals surface area contributed by atoms with Crippen molar-refractivity contribution >= 4 is 17.5 Å². The Kier molecular flexibility index (Phi) is 4.22. The fraction of sp³-hybridized carbons (Fsp3) is 0.429. The SMILES string of the molecule is O=C1CCCC2=C1[C@@H](c1ccncc1)c1c(nc(N3CCCCC3)[nH]c1=O)N2. The number of ketones is 1. The predicted molar refractivity (Wildman–Crippen MR) is 107 cm³/mol. The van der Waals surface area contributed by atoms with Crippen molar-refractivity contribution in [2.75, 3.05) is 23.3 Å². The number of aromatic amines is 1. The molecule has 1 atom stereocenters. The van der Waals surface area contributed by atoms with Gasteiger partial charge in [-0.1, -0.05) is 0 Å². The molecule has 0 saturated carbocycles. The Labute approximate surface area is 162 Å². The van der Waals surface area contributed by atoms with Crippen LogP contribution < -0.4 is 15.8 Å². The van der Waals surface area contributed by atoms with Crippen LogP contribution in [-0.4, -0.2) is 33.8 Å². The van der Waals surface area contributed by atoms with Gasteiger partial charge in [-0.2, -0.15) is 4.98 Å². The van der Waals surface area contributed by atoms with E-state index in [0.717, 1.165) is 50.0 Å². The first-order valence-electron chi connectivity index (χ1n) is 10.0. The third-order valence-corrected chi connectivity index (χ3v) is 5.94. The molecular weight excluding hydrogens is 354 g/mol. The zero-order valence-electron chi connectivity index (χ0n) is 15.7. The minimum Gasteiger partial charge on any atom is -0.343 e. The van der Waals surface area contributed by atoms with Crippen molar-refractivity contribution in [3.8, 4) is 0 Å². The Balaban J connectivity index is 1.67. The Morgan fingerprint density at radius 2 is 1.79 bits per heavy atom. The van der Waals surface area contributed by atoms with Crippen molar-refractivity contribution in [1.29, 1.82) is 0 Å². The van der Waals surface area contributed by atoms with Crippen LogP contribution in [0.2, 0.25) is 0 Å². The molecule has 1 aliphatic carbocycles. The van der Waals surface area contributed by atoms with Gasteiger partial charge in [0, 0.05) is 49.1 Å². The molecule has 144 valence electrons. The lowest BCUT2D eigenvalue weighted by atomic mass is 9.77. The van der Waals surface area contributed by atoms with Crippen LogP contribution in [-0.2, 0) is 4.79 Å². The van der Waals surface area contributed by atoms with Crippen molar-refractivity contribution in [1.82, 2.24) is 15.0 Å². The second kappa shape index (κ2) is 6.89. The summed E-state index contributed by atoms with van der Waals surface area (Å²) in [6, 6.07) is 3.76. The summed E-state index contributed by atoms with van der Waals surface area (Å²) in [6.45, 7) is 1.81. The molecule has 4 heterocycles. The fourth-order valence-electron chi connectivity index (χ4n) is 4.59. The van der Waals surface area contributed by atoms with E-state index in [0.29, 0.717) is 29.3 Å². The Hall–Kier alpha value is -2.96. The lowest BCUT2D eigenvalue weighted by Gasteiger charge is -2.34. The highest BCUT2D eigenvalue weighted by atomic mass is 16.1. The maximum Gasteiger partial charge on any atom is 0.258 e. The topological polar surface area (TPSA) is 91.0 Å². The summed E-state index contributed by atoms with van der Waals surface area (Å²) in [5, 5.41) is 3.33. The van der Waals surface area contributed by atoms with E-state index in [1.807, 2.05) is 12.1 Å². The number of hydrogen-bond donors (Lipinski definition) is 2. The monoisotopic (exact) mass is 377 g/mol. The van der Waals surface area contributed by atoms with E-state index in [-0.39, 0.29) is 11.3 Å². The van der Waals surface area contributed by atoms with Crippen LogP contribution in [0, 0.1) is 0 Å². The molecule has 2 N–H and O–H groups in total. The first-order chi connectivity index (χ1) is 13.7. The zero-order valence-corrected chi connectivity index (χ0v) is 15.7. The predicted octanol–water partition coefficient (Wildman–Crippen LogP) is 2.72. The van der Waals surface area contributed by atoms with Crippen molar-refractivity contribution in [2.45, 2.75) is 44.4 Å². The molecule has 0 radical (unpaired) electrons. The minimum absolute atomic E-state index is 0.112. The van der Waals surface area contributed by atoms with E-state index < -0.39 is 5.92 Å². The van der Waals surface area contributed by atoms with Crippen LogP contribution >= 0.6 is 0 Å². The van der Waals surface area contributed by atoms with E-state index in [1.165, 1.54) is 6.42 Å². The second-order valence-corrected chi connectivity index (χ2v) is 7.71. The molecule has 0 unspecified atom stereocenters. The van der Waals surface area contributed by atoms with Gasteiger partial charge in [0.25, 0.3) is 5.56 Å². The third-order valence-electron chi connectivity index (χ3n) is 5.94. The van der Waals surface area contributed by atoms with Gasteiger partial charge in [0.15, 0.2) is 5.78 Å². The normalized spacial score (nSPS) is 21.8. The quantitative estimate of drug-likeness (QED) is 0.836. The molecule has 28 heavy (non-hydrogen) atoms. The Bertz CT molecular complexity index is 1010. The van der Waals surface area contributed by atoms with Gasteiger partial charge in [-0.25, -0.2) is 0 Å². The van der Waals surface area contributed by atoms with Crippen LogP contribution in [0.4, 0.5) is 11.8 Å². The molecule has 3 aliphatic rings. The number of Topliss-reactive ketones (excluding diaryl/α,β-unsaturated/α-hetero) is 1. The first kappa shape index (κ1) is 17.2. The number of aromatic nitrogens is 3. The molecule has 0 aromatic carbocycles. The van der Waals surface area contributed by atoms with Gasteiger partial charge in [-0.05, 0) is 49.8 Å². The van der Waals surface area contributed by atoms with Gasteiger partial charge in [0.2, 0.25) is 5.95 Å². The van der Waals surface area contributed by atoms with Crippen molar-refractivity contribution in [3.63, 3.8) is 0 Å². The molecule has 0 spiro atoms. The summed E-state index contributed by atoms with van der Waals surface area (Å²) in [5.41, 5.74) is 2.88. The lowest BCUT2D eigenvalue weighted by molar-refractivity contribution is -0.116. The number of carbonyl (C=O) groups excluding carboxylic acids is 1. The van der Waals surface area contributed by atoms with Crippen LogP contribution in [0.3, 0.4) is 0 Å². The molecule has 0 bridgehead atoms. The number of allylic oxidation sites excluding steroid dienone is 2. The van der Waals surface area contributed by atoms with Crippen molar-refractivity contribution in [2.24, 2.45) is 0 Å². The van der Waals surface area contributed by atoms with E-state index in [9.17, 15) is 9.59 Å². The van der Waals surface area contributed by atoms with E-state index in [4.69, 9.17) is 4.98 Å². The molecule has 0 amide bonds. The number of fused-ring (bicyclic) bond motifs is 1. The van der Waals surface area contributed by atoms with Gasteiger partial charge in [-0.3, -0.25) is 19.6 Å². The van der Waals surface area contributed by atoms with Gasteiger partial charge in [-0.15, -0.1) is 0 Å². The number of rotatable bonds is 2.